The number of aromatic nitrogens is 2. The van der Waals surface area contributed by atoms with Crippen LogP contribution in [0.1, 0.15) is 10.6 Å². The molecule has 0 unspecified atom stereocenters. The summed E-state index contributed by atoms with van der Waals surface area (Å²) in [6.07, 6.45) is 0. The van der Waals surface area contributed by atoms with Gasteiger partial charge in [0.15, 0.2) is 0 Å². The Kier molecular flexibility index (Phi) is 5.65. The summed E-state index contributed by atoms with van der Waals surface area (Å²) in [6.45, 7) is 1.84. The minimum absolute atomic E-state index is 0.0915. The van der Waals surface area contributed by atoms with Crippen LogP contribution in [0.4, 0.5) is 5.13 Å². The number of amides is 1. The maximum absolute atomic E-state index is 11.7. The lowest BCUT2D eigenvalue weighted by atomic mass is 10.2. The molecule has 2 rings (SSSR count). The Morgan fingerprint density at radius 3 is 2.80 bits per heavy atom. The predicted molar refractivity (Wildman–Crippen MR) is 85.9 cm³/mol. The first kappa shape index (κ1) is 15.6. The number of thioether (sulfide) groups is 1. The summed E-state index contributed by atoms with van der Waals surface area (Å²) in [7, 11) is 0. The van der Waals surface area contributed by atoms with Crippen molar-refractivity contribution in [2.24, 2.45) is 0 Å². The molecular weight excluding hydrogens is 337 g/mol. The molecule has 0 fully saturated rings. The number of carbonyl (C=O) groups excluding carboxylic acids is 1. The monoisotopic (exact) mass is 347 g/mol. The Balaban J connectivity index is 1.77. The van der Waals surface area contributed by atoms with Gasteiger partial charge < -0.3 is 0 Å². The molecule has 0 bridgehead atoms. The van der Waals surface area contributed by atoms with E-state index in [-0.39, 0.29) is 5.91 Å². The molecule has 20 heavy (non-hydrogen) atoms. The van der Waals surface area contributed by atoms with Crippen molar-refractivity contribution < 1.29 is 4.79 Å². The van der Waals surface area contributed by atoms with Crippen LogP contribution in [0, 0.1) is 6.92 Å². The van der Waals surface area contributed by atoms with E-state index in [1.807, 2.05) is 19.1 Å². The Morgan fingerprint density at radius 2 is 2.15 bits per heavy atom. The maximum Gasteiger partial charge on any atom is 0.236 e. The molecule has 1 aromatic heterocycles. The van der Waals surface area contributed by atoms with Gasteiger partial charge in [-0.1, -0.05) is 40.6 Å². The molecule has 0 aliphatic carbocycles. The minimum Gasteiger partial charge on any atom is -0.300 e. The lowest BCUT2D eigenvalue weighted by Crippen LogP contribution is -2.13. The van der Waals surface area contributed by atoms with E-state index in [1.54, 1.807) is 6.07 Å². The highest BCUT2D eigenvalue weighted by Crippen LogP contribution is 2.24. The highest BCUT2D eigenvalue weighted by molar-refractivity contribution is 7.99. The zero-order valence-corrected chi connectivity index (χ0v) is 13.7. The summed E-state index contributed by atoms with van der Waals surface area (Å²) in [5.74, 6) is 0.949. The SMILES string of the molecule is Cc1nnc(NC(=O)CSCc2ccc(Cl)c(Cl)c2)s1. The number of rotatable bonds is 5. The molecule has 1 aromatic carbocycles. The molecule has 4 nitrogen and oxygen atoms in total. The van der Waals surface area contributed by atoms with Gasteiger partial charge in [0, 0.05) is 5.75 Å². The number of carbonyl (C=O) groups is 1. The topological polar surface area (TPSA) is 54.9 Å². The molecule has 0 atom stereocenters. The molecule has 0 saturated carbocycles. The Hall–Kier alpha value is -0.820. The van der Waals surface area contributed by atoms with Gasteiger partial charge >= 0.3 is 0 Å². The molecule has 1 heterocycles. The van der Waals surface area contributed by atoms with E-state index >= 15 is 0 Å². The van der Waals surface area contributed by atoms with E-state index in [9.17, 15) is 4.79 Å². The van der Waals surface area contributed by atoms with E-state index in [0.29, 0.717) is 26.7 Å². The van der Waals surface area contributed by atoms with E-state index in [0.717, 1.165) is 10.6 Å². The van der Waals surface area contributed by atoms with E-state index in [4.69, 9.17) is 23.2 Å². The fourth-order valence-electron chi connectivity index (χ4n) is 1.39. The molecule has 2 aromatic rings. The van der Waals surface area contributed by atoms with Gasteiger partial charge in [-0.05, 0) is 24.6 Å². The summed E-state index contributed by atoms with van der Waals surface area (Å²) in [5.41, 5.74) is 1.03. The van der Waals surface area contributed by atoms with Crippen molar-refractivity contribution in [3.8, 4) is 0 Å². The molecule has 0 saturated heterocycles. The van der Waals surface area contributed by atoms with Crippen LogP contribution in [0.25, 0.3) is 0 Å². The number of halogens is 2. The van der Waals surface area contributed by atoms with Crippen LogP contribution in [0.3, 0.4) is 0 Å². The quantitative estimate of drug-likeness (QED) is 0.887. The van der Waals surface area contributed by atoms with E-state index in [2.05, 4.69) is 15.5 Å². The average Bonchev–Trinajstić information content (AvgIpc) is 2.79. The normalized spacial score (nSPS) is 10.6. The number of hydrogen-bond donors (Lipinski definition) is 1. The number of hydrogen-bond acceptors (Lipinski definition) is 5. The van der Waals surface area contributed by atoms with E-state index < -0.39 is 0 Å². The first-order valence-corrected chi connectivity index (χ1v) is 8.39. The lowest BCUT2D eigenvalue weighted by molar-refractivity contribution is -0.113. The maximum atomic E-state index is 11.7. The summed E-state index contributed by atoms with van der Waals surface area (Å²) in [4.78, 5) is 11.7. The van der Waals surface area contributed by atoms with Gasteiger partial charge in [0.25, 0.3) is 0 Å². The molecular formula is C12H11Cl2N3OS2. The van der Waals surface area contributed by atoms with Gasteiger partial charge in [-0.25, -0.2) is 0 Å². The fourth-order valence-corrected chi connectivity index (χ4v) is 3.10. The third-order valence-electron chi connectivity index (χ3n) is 2.26. The second kappa shape index (κ2) is 7.26. The van der Waals surface area contributed by atoms with Crippen molar-refractivity contribution in [3.05, 3.63) is 38.8 Å². The van der Waals surface area contributed by atoms with Crippen molar-refractivity contribution >= 4 is 57.3 Å². The largest absolute Gasteiger partial charge is 0.300 e. The third-order valence-corrected chi connectivity index (χ3v) is 4.76. The zero-order chi connectivity index (χ0) is 14.5. The number of nitrogens with zero attached hydrogens (tertiary/aromatic N) is 2. The van der Waals surface area contributed by atoms with Crippen LogP contribution in [0.15, 0.2) is 18.2 Å². The molecule has 1 amide bonds. The van der Waals surface area contributed by atoms with Gasteiger partial charge in [-0.2, -0.15) is 0 Å². The summed E-state index contributed by atoms with van der Waals surface area (Å²) < 4.78 is 0. The van der Waals surface area contributed by atoms with Gasteiger partial charge in [0.1, 0.15) is 5.01 Å². The Bertz CT molecular complexity index is 618. The van der Waals surface area contributed by atoms with Crippen LogP contribution >= 0.6 is 46.3 Å². The molecule has 0 aliphatic heterocycles. The standard InChI is InChI=1S/C12H11Cl2N3OS2/c1-7-16-17-12(20-7)15-11(18)6-19-5-8-2-3-9(13)10(14)4-8/h2-4H,5-6H2,1H3,(H,15,17,18). The van der Waals surface area contributed by atoms with Crippen LogP contribution in [-0.2, 0) is 10.5 Å². The highest BCUT2D eigenvalue weighted by Gasteiger charge is 2.07. The summed E-state index contributed by atoms with van der Waals surface area (Å²) in [5, 5.41) is 12.8. The Morgan fingerprint density at radius 1 is 1.35 bits per heavy atom. The second-order valence-electron chi connectivity index (χ2n) is 3.92. The van der Waals surface area contributed by atoms with Gasteiger partial charge in [-0.3, -0.25) is 10.1 Å². The first-order chi connectivity index (χ1) is 9.54. The smallest absolute Gasteiger partial charge is 0.236 e. The minimum atomic E-state index is -0.0915. The van der Waals surface area contributed by atoms with Gasteiger partial charge in [0.2, 0.25) is 11.0 Å². The highest BCUT2D eigenvalue weighted by atomic mass is 35.5. The lowest BCUT2D eigenvalue weighted by Gasteiger charge is -2.03. The van der Waals surface area contributed by atoms with Gasteiger partial charge in [0.05, 0.1) is 15.8 Å². The van der Waals surface area contributed by atoms with Gasteiger partial charge in [-0.15, -0.1) is 22.0 Å². The van der Waals surface area contributed by atoms with Crippen molar-refractivity contribution in [3.63, 3.8) is 0 Å². The fraction of sp³-hybridized carbons (Fsp3) is 0.250. The molecule has 106 valence electrons. The average molecular weight is 348 g/mol. The second-order valence-corrected chi connectivity index (χ2v) is 6.90. The predicted octanol–water partition coefficient (Wildman–Crippen LogP) is 4.03. The molecule has 1 N–H and O–H groups in total. The van der Waals surface area contributed by atoms with Crippen LogP contribution in [0.5, 0.6) is 0 Å². The van der Waals surface area contributed by atoms with Crippen molar-refractivity contribution in [2.75, 3.05) is 11.1 Å². The molecule has 8 heteroatoms. The van der Waals surface area contributed by atoms with Crippen molar-refractivity contribution in [1.82, 2.24) is 10.2 Å². The van der Waals surface area contributed by atoms with Crippen LogP contribution in [-0.4, -0.2) is 21.9 Å². The molecule has 0 radical (unpaired) electrons. The van der Waals surface area contributed by atoms with Crippen molar-refractivity contribution in [1.29, 1.82) is 0 Å². The first-order valence-electron chi connectivity index (χ1n) is 5.66. The van der Waals surface area contributed by atoms with Crippen LogP contribution < -0.4 is 5.32 Å². The van der Waals surface area contributed by atoms with Crippen molar-refractivity contribution in [2.45, 2.75) is 12.7 Å². The summed E-state index contributed by atoms with van der Waals surface area (Å²) >= 11 is 14.6. The molecule has 0 spiro atoms. The van der Waals surface area contributed by atoms with E-state index in [1.165, 1.54) is 23.1 Å². The third kappa shape index (κ3) is 4.63. The molecule has 0 aliphatic rings. The number of benzene rings is 1. The van der Waals surface area contributed by atoms with Crippen LogP contribution in [0.2, 0.25) is 10.0 Å². The number of aryl methyl sites for hydroxylation is 1. The number of nitrogens with one attached hydrogen (secondary N) is 1. The number of anilines is 1. The summed E-state index contributed by atoms with van der Waals surface area (Å²) in [6, 6.07) is 5.46. The Labute approximate surface area is 134 Å². The zero-order valence-electron chi connectivity index (χ0n) is 10.5.